The maximum atomic E-state index is 12.5. The minimum atomic E-state index is -0.610. The molecule has 0 aromatic carbocycles. The van der Waals surface area contributed by atoms with Gasteiger partial charge in [0, 0.05) is 26.7 Å². The van der Waals surface area contributed by atoms with E-state index in [2.05, 4.69) is 29.4 Å². The van der Waals surface area contributed by atoms with Crippen LogP contribution in [-0.2, 0) is 9.53 Å². The summed E-state index contributed by atoms with van der Waals surface area (Å²) in [4.78, 5) is 15.0. The molecule has 0 radical (unpaired) electrons. The Morgan fingerprint density at radius 3 is 2.57 bits per heavy atom. The number of amides is 1. The van der Waals surface area contributed by atoms with Crippen LogP contribution in [0, 0.1) is 11.8 Å². The fraction of sp³-hybridized carbons (Fsp3) is 0.938. The van der Waals surface area contributed by atoms with Crippen LogP contribution in [0.4, 0.5) is 0 Å². The minimum absolute atomic E-state index is 0. The van der Waals surface area contributed by atoms with Crippen molar-refractivity contribution < 1.29 is 9.53 Å². The van der Waals surface area contributed by atoms with Crippen LogP contribution in [0.5, 0.6) is 0 Å². The number of likely N-dealkylation sites (tertiary alicyclic amines) is 1. The highest BCUT2D eigenvalue weighted by Crippen LogP contribution is 2.23. The SMILES string of the molecule is COC1(C(=O)NCC2CCN(CC(C)C)C2)CCNCC1.Cl.Cl. The van der Waals surface area contributed by atoms with Gasteiger partial charge in [-0.1, -0.05) is 13.8 Å². The molecule has 138 valence electrons. The standard InChI is InChI=1S/C16H31N3O2.2ClH/c1-13(2)11-19-9-4-14(12-19)10-18-15(20)16(21-3)5-7-17-8-6-16;;/h13-14,17H,4-12H2,1-3H3,(H,18,20);2*1H. The second-order valence-electron chi connectivity index (χ2n) is 6.97. The van der Waals surface area contributed by atoms with Gasteiger partial charge in [-0.15, -0.1) is 24.8 Å². The van der Waals surface area contributed by atoms with Crippen molar-refractivity contribution in [3.63, 3.8) is 0 Å². The van der Waals surface area contributed by atoms with Gasteiger partial charge in [-0.3, -0.25) is 4.79 Å². The zero-order valence-electron chi connectivity index (χ0n) is 14.6. The monoisotopic (exact) mass is 369 g/mol. The first-order chi connectivity index (χ1) is 10.1. The van der Waals surface area contributed by atoms with Crippen molar-refractivity contribution in [2.45, 2.75) is 38.7 Å². The van der Waals surface area contributed by atoms with E-state index in [0.717, 1.165) is 52.1 Å². The van der Waals surface area contributed by atoms with Gasteiger partial charge >= 0.3 is 0 Å². The van der Waals surface area contributed by atoms with Gasteiger partial charge in [0.15, 0.2) is 0 Å². The van der Waals surface area contributed by atoms with E-state index in [1.807, 2.05) is 0 Å². The smallest absolute Gasteiger partial charge is 0.252 e. The number of piperidine rings is 1. The Morgan fingerprint density at radius 1 is 1.35 bits per heavy atom. The highest BCUT2D eigenvalue weighted by molar-refractivity contribution is 5.86. The Kier molecular flexibility index (Phi) is 10.7. The maximum Gasteiger partial charge on any atom is 0.252 e. The van der Waals surface area contributed by atoms with E-state index in [1.165, 1.54) is 6.42 Å². The van der Waals surface area contributed by atoms with Crippen molar-refractivity contribution in [1.29, 1.82) is 0 Å². The lowest BCUT2D eigenvalue weighted by Gasteiger charge is -2.35. The van der Waals surface area contributed by atoms with Crippen molar-refractivity contribution in [1.82, 2.24) is 15.5 Å². The molecule has 5 nitrogen and oxygen atoms in total. The number of carbonyl (C=O) groups is 1. The summed E-state index contributed by atoms with van der Waals surface area (Å²) in [6.45, 7) is 10.4. The summed E-state index contributed by atoms with van der Waals surface area (Å²) in [5.74, 6) is 1.38. The summed E-state index contributed by atoms with van der Waals surface area (Å²) >= 11 is 0. The summed E-state index contributed by atoms with van der Waals surface area (Å²) in [6.07, 6.45) is 2.72. The van der Waals surface area contributed by atoms with E-state index >= 15 is 0 Å². The molecule has 1 atom stereocenters. The number of nitrogens with zero attached hydrogens (tertiary/aromatic N) is 1. The second-order valence-corrected chi connectivity index (χ2v) is 6.97. The highest BCUT2D eigenvalue weighted by atomic mass is 35.5. The molecule has 0 spiro atoms. The van der Waals surface area contributed by atoms with Crippen LogP contribution >= 0.6 is 24.8 Å². The van der Waals surface area contributed by atoms with Crippen LogP contribution < -0.4 is 10.6 Å². The van der Waals surface area contributed by atoms with Gasteiger partial charge in [0.05, 0.1) is 0 Å². The van der Waals surface area contributed by atoms with Gasteiger partial charge in [0.2, 0.25) is 0 Å². The van der Waals surface area contributed by atoms with Crippen LogP contribution in [0.1, 0.15) is 33.1 Å². The molecule has 0 aromatic rings. The Bertz CT molecular complexity index is 350. The summed E-state index contributed by atoms with van der Waals surface area (Å²) in [6, 6.07) is 0. The normalized spacial score (nSPS) is 23.9. The number of carbonyl (C=O) groups excluding carboxylic acids is 1. The largest absolute Gasteiger partial charge is 0.368 e. The minimum Gasteiger partial charge on any atom is -0.368 e. The van der Waals surface area contributed by atoms with Crippen molar-refractivity contribution in [2.24, 2.45) is 11.8 Å². The average Bonchev–Trinajstić information content (AvgIpc) is 2.92. The van der Waals surface area contributed by atoms with Gasteiger partial charge in [0.1, 0.15) is 5.60 Å². The summed E-state index contributed by atoms with van der Waals surface area (Å²) < 4.78 is 5.57. The molecular weight excluding hydrogens is 337 g/mol. The fourth-order valence-electron chi connectivity index (χ4n) is 3.51. The average molecular weight is 370 g/mol. The second kappa shape index (κ2) is 10.7. The van der Waals surface area contributed by atoms with Gasteiger partial charge in [-0.25, -0.2) is 0 Å². The third-order valence-corrected chi connectivity index (χ3v) is 4.76. The highest BCUT2D eigenvalue weighted by Gasteiger charge is 2.39. The van der Waals surface area contributed by atoms with E-state index in [4.69, 9.17) is 4.74 Å². The zero-order valence-corrected chi connectivity index (χ0v) is 16.2. The Hall–Kier alpha value is -0.0700. The first kappa shape index (κ1) is 22.9. The van der Waals surface area contributed by atoms with E-state index in [9.17, 15) is 4.79 Å². The zero-order chi connectivity index (χ0) is 15.3. The van der Waals surface area contributed by atoms with Gasteiger partial charge < -0.3 is 20.3 Å². The number of nitrogens with one attached hydrogen (secondary N) is 2. The number of ether oxygens (including phenoxy) is 1. The number of hydrogen-bond donors (Lipinski definition) is 2. The summed E-state index contributed by atoms with van der Waals surface area (Å²) in [7, 11) is 1.66. The van der Waals surface area contributed by atoms with Crippen LogP contribution in [0.2, 0.25) is 0 Å². The van der Waals surface area contributed by atoms with Gasteiger partial charge in [-0.05, 0) is 50.7 Å². The molecule has 2 saturated heterocycles. The molecule has 2 aliphatic heterocycles. The fourth-order valence-corrected chi connectivity index (χ4v) is 3.51. The predicted molar refractivity (Wildman–Crippen MR) is 98.7 cm³/mol. The van der Waals surface area contributed by atoms with Gasteiger partial charge in [-0.2, -0.15) is 0 Å². The molecule has 2 heterocycles. The van der Waals surface area contributed by atoms with E-state index in [-0.39, 0.29) is 30.7 Å². The molecule has 0 aliphatic carbocycles. The maximum absolute atomic E-state index is 12.5. The molecule has 2 N–H and O–H groups in total. The molecule has 2 rings (SSSR count). The lowest BCUT2D eigenvalue weighted by molar-refractivity contribution is -0.146. The number of rotatable bonds is 6. The summed E-state index contributed by atoms with van der Waals surface area (Å²) in [5, 5.41) is 6.42. The first-order valence-electron chi connectivity index (χ1n) is 8.32. The number of hydrogen-bond acceptors (Lipinski definition) is 4. The number of methoxy groups -OCH3 is 1. The predicted octanol–water partition coefficient (Wildman–Crippen LogP) is 1.69. The molecule has 2 fully saturated rings. The van der Waals surface area contributed by atoms with Crippen molar-refractivity contribution >= 4 is 30.7 Å². The van der Waals surface area contributed by atoms with Crippen LogP contribution in [-0.4, -0.2) is 62.8 Å². The van der Waals surface area contributed by atoms with Gasteiger partial charge in [0.25, 0.3) is 5.91 Å². The molecule has 1 amide bonds. The molecule has 0 bridgehead atoms. The molecular formula is C16H33Cl2N3O2. The molecule has 1 unspecified atom stereocenters. The van der Waals surface area contributed by atoms with Crippen LogP contribution in [0.25, 0.3) is 0 Å². The Labute approximate surface area is 153 Å². The third-order valence-electron chi connectivity index (χ3n) is 4.76. The number of halogens is 2. The lowest BCUT2D eigenvalue weighted by Crippen LogP contribution is -2.54. The first-order valence-corrected chi connectivity index (χ1v) is 8.32. The van der Waals surface area contributed by atoms with Crippen molar-refractivity contribution in [3.05, 3.63) is 0 Å². The van der Waals surface area contributed by atoms with E-state index < -0.39 is 5.60 Å². The van der Waals surface area contributed by atoms with E-state index in [1.54, 1.807) is 7.11 Å². The molecule has 2 aliphatic rings. The molecule has 0 aromatic heterocycles. The van der Waals surface area contributed by atoms with Crippen molar-refractivity contribution in [2.75, 3.05) is 46.4 Å². The lowest BCUT2D eigenvalue weighted by atomic mass is 9.91. The third kappa shape index (κ3) is 6.39. The van der Waals surface area contributed by atoms with Crippen LogP contribution in [0.15, 0.2) is 0 Å². The van der Waals surface area contributed by atoms with E-state index in [0.29, 0.717) is 11.8 Å². The Balaban J connectivity index is 0.00000242. The Morgan fingerprint density at radius 2 is 2.00 bits per heavy atom. The molecule has 23 heavy (non-hydrogen) atoms. The quantitative estimate of drug-likeness (QED) is 0.747. The molecule has 0 saturated carbocycles. The van der Waals surface area contributed by atoms with Crippen LogP contribution in [0.3, 0.4) is 0 Å². The topological polar surface area (TPSA) is 53.6 Å². The van der Waals surface area contributed by atoms with Crippen molar-refractivity contribution in [3.8, 4) is 0 Å². The summed E-state index contributed by atoms with van der Waals surface area (Å²) in [5.41, 5.74) is -0.610. The molecule has 7 heteroatoms.